The fourth-order valence-corrected chi connectivity index (χ4v) is 2.09. The van der Waals surface area contributed by atoms with E-state index in [0.29, 0.717) is 24.1 Å². The standard InChI is InChI=1S/C13H21N3O2S/c1-4-9-10(5-2)15-16-13(11(9)12(14)19)18-8-6-7-17-3/h4-8H2,1-3H3,(H2,14,19). The van der Waals surface area contributed by atoms with Gasteiger partial charge in [0.2, 0.25) is 5.88 Å². The number of nitrogens with zero attached hydrogens (tertiary/aromatic N) is 2. The van der Waals surface area contributed by atoms with Crippen LogP contribution in [0, 0.1) is 0 Å². The lowest BCUT2D eigenvalue weighted by molar-refractivity contribution is 0.170. The molecule has 0 saturated carbocycles. The van der Waals surface area contributed by atoms with Crippen LogP contribution in [0.3, 0.4) is 0 Å². The van der Waals surface area contributed by atoms with E-state index >= 15 is 0 Å². The van der Waals surface area contributed by atoms with Gasteiger partial charge in [0.05, 0.1) is 17.9 Å². The molecular formula is C13H21N3O2S. The second-order valence-electron chi connectivity index (χ2n) is 4.07. The second kappa shape index (κ2) is 8.01. The van der Waals surface area contributed by atoms with E-state index in [2.05, 4.69) is 10.2 Å². The maximum Gasteiger partial charge on any atom is 0.244 e. The van der Waals surface area contributed by atoms with Gasteiger partial charge in [-0.3, -0.25) is 0 Å². The monoisotopic (exact) mass is 283 g/mol. The van der Waals surface area contributed by atoms with Gasteiger partial charge in [-0.15, -0.1) is 5.10 Å². The van der Waals surface area contributed by atoms with Crippen LogP contribution in [-0.2, 0) is 17.6 Å². The average Bonchev–Trinajstić information content (AvgIpc) is 2.42. The maximum atomic E-state index is 5.80. The van der Waals surface area contributed by atoms with Gasteiger partial charge in [0.15, 0.2) is 0 Å². The number of hydrogen-bond donors (Lipinski definition) is 1. The third-order valence-corrected chi connectivity index (χ3v) is 3.00. The van der Waals surface area contributed by atoms with Gasteiger partial charge in [-0.1, -0.05) is 26.1 Å². The van der Waals surface area contributed by atoms with Gasteiger partial charge in [0.25, 0.3) is 0 Å². The lowest BCUT2D eigenvalue weighted by atomic mass is 10.0. The van der Waals surface area contributed by atoms with E-state index in [1.54, 1.807) is 7.11 Å². The molecule has 0 amide bonds. The minimum atomic E-state index is 0.309. The summed E-state index contributed by atoms with van der Waals surface area (Å²) in [5.41, 5.74) is 8.49. The Morgan fingerprint density at radius 1 is 1.21 bits per heavy atom. The molecule has 106 valence electrons. The molecule has 0 aliphatic heterocycles. The summed E-state index contributed by atoms with van der Waals surface area (Å²) in [4.78, 5) is 0.309. The fourth-order valence-electron chi connectivity index (χ4n) is 1.88. The van der Waals surface area contributed by atoms with E-state index in [9.17, 15) is 0 Å². The number of ether oxygens (including phenoxy) is 2. The number of nitrogens with two attached hydrogens (primary N) is 1. The van der Waals surface area contributed by atoms with E-state index in [1.807, 2.05) is 13.8 Å². The van der Waals surface area contributed by atoms with Crippen molar-refractivity contribution in [2.24, 2.45) is 5.73 Å². The SMILES string of the molecule is CCc1nnc(OCCCOC)c(C(N)=S)c1CC. The highest BCUT2D eigenvalue weighted by atomic mass is 32.1. The van der Waals surface area contributed by atoms with Gasteiger partial charge in [-0.2, -0.15) is 5.10 Å². The molecule has 6 heteroatoms. The first-order chi connectivity index (χ1) is 9.15. The maximum absolute atomic E-state index is 5.80. The first-order valence-electron chi connectivity index (χ1n) is 6.45. The van der Waals surface area contributed by atoms with Crippen LogP contribution in [0.1, 0.15) is 37.1 Å². The third-order valence-electron chi connectivity index (χ3n) is 2.79. The summed E-state index contributed by atoms with van der Waals surface area (Å²) in [6.45, 7) is 5.23. The molecule has 2 N–H and O–H groups in total. The minimum Gasteiger partial charge on any atom is -0.476 e. The summed E-state index contributed by atoms with van der Waals surface area (Å²) in [7, 11) is 1.66. The van der Waals surface area contributed by atoms with E-state index in [-0.39, 0.29) is 0 Å². The van der Waals surface area contributed by atoms with Gasteiger partial charge >= 0.3 is 0 Å². The van der Waals surface area contributed by atoms with Crippen LogP contribution in [-0.4, -0.2) is 35.5 Å². The minimum absolute atomic E-state index is 0.309. The van der Waals surface area contributed by atoms with Crippen molar-refractivity contribution in [3.05, 3.63) is 16.8 Å². The van der Waals surface area contributed by atoms with E-state index in [1.165, 1.54) is 0 Å². The zero-order valence-corrected chi connectivity index (χ0v) is 12.5. The van der Waals surface area contributed by atoms with Crippen LogP contribution in [0.2, 0.25) is 0 Å². The molecule has 0 radical (unpaired) electrons. The average molecular weight is 283 g/mol. The molecule has 0 aromatic carbocycles. The number of rotatable bonds is 8. The molecule has 0 aliphatic carbocycles. The van der Waals surface area contributed by atoms with E-state index < -0.39 is 0 Å². The molecule has 0 bridgehead atoms. The molecule has 1 aromatic heterocycles. The highest BCUT2D eigenvalue weighted by Gasteiger charge is 2.17. The summed E-state index contributed by atoms with van der Waals surface area (Å²) in [6.07, 6.45) is 2.39. The number of hydrogen-bond acceptors (Lipinski definition) is 5. The number of aryl methyl sites for hydroxylation is 1. The quantitative estimate of drug-likeness (QED) is 0.578. The van der Waals surface area contributed by atoms with Crippen LogP contribution in [0.25, 0.3) is 0 Å². The molecule has 0 unspecified atom stereocenters. The molecule has 1 aromatic rings. The molecule has 0 saturated heterocycles. The molecule has 19 heavy (non-hydrogen) atoms. The van der Waals surface area contributed by atoms with Crippen molar-refractivity contribution in [3.8, 4) is 5.88 Å². The highest BCUT2D eigenvalue weighted by molar-refractivity contribution is 7.80. The smallest absolute Gasteiger partial charge is 0.244 e. The second-order valence-corrected chi connectivity index (χ2v) is 4.51. The molecule has 1 rings (SSSR count). The normalized spacial score (nSPS) is 10.5. The Hall–Kier alpha value is -1.27. The Bertz CT molecular complexity index is 438. The third kappa shape index (κ3) is 4.11. The predicted molar refractivity (Wildman–Crippen MR) is 78.7 cm³/mol. The van der Waals surface area contributed by atoms with Crippen molar-refractivity contribution in [3.63, 3.8) is 0 Å². The van der Waals surface area contributed by atoms with Gasteiger partial charge in [-0.05, 0) is 18.4 Å². The molecule has 0 atom stereocenters. The molecular weight excluding hydrogens is 262 g/mol. The summed E-state index contributed by atoms with van der Waals surface area (Å²) < 4.78 is 10.6. The summed E-state index contributed by atoms with van der Waals surface area (Å²) in [6, 6.07) is 0. The van der Waals surface area contributed by atoms with Gasteiger partial charge in [0.1, 0.15) is 4.99 Å². The molecule has 0 aliphatic rings. The first kappa shape index (κ1) is 15.8. The lowest BCUT2D eigenvalue weighted by Gasteiger charge is -2.14. The largest absolute Gasteiger partial charge is 0.476 e. The summed E-state index contributed by atoms with van der Waals surface area (Å²) >= 11 is 5.12. The lowest BCUT2D eigenvalue weighted by Crippen LogP contribution is -2.19. The Morgan fingerprint density at radius 3 is 2.47 bits per heavy atom. The number of aromatic nitrogens is 2. The topological polar surface area (TPSA) is 70.3 Å². The van der Waals surface area contributed by atoms with E-state index in [0.717, 1.165) is 36.1 Å². The van der Waals surface area contributed by atoms with Crippen molar-refractivity contribution in [2.45, 2.75) is 33.1 Å². The number of methoxy groups -OCH3 is 1. The van der Waals surface area contributed by atoms with Crippen molar-refractivity contribution in [1.82, 2.24) is 10.2 Å². The van der Waals surface area contributed by atoms with Gasteiger partial charge in [0, 0.05) is 20.1 Å². The highest BCUT2D eigenvalue weighted by Crippen LogP contribution is 2.22. The zero-order valence-electron chi connectivity index (χ0n) is 11.7. The summed E-state index contributed by atoms with van der Waals surface area (Å²) in [5, 5.41) is 8.28. The predicted octanol–water partition coefficient (Wildman–Crippen LogP) is 1.65. The Labute approximate surface area is 119 Å². The van der Waals surface area contributed by atoms with Crippen LogP contribution in [0.15, 0.2) is 0 Å². The zero-order chi connectivity index (χ0) is 14.3. The van der Waals surface area contributed by atoms with Gasteiger partial charge < -0.3 is 15.2 Å². The van der Waals surface area contributed by atoms with Crippen LogP contribution in [0.5, 0.6) is 5.88 Å². The van der Waals surface area contributed by atoms with Crippen LogP contribution < -0.4 is 10.5 Å². The van der Waals surface area contributed by atoms with Crippen LogP contribution in [0.4, 0.5) is 0 Å². The van der Waals surface area contributed by atoms with E-state index in [4.69, 9.17) is 27.4 Å². The molecule has 5 nitrogen and oxygen atoms in total. The first-order valence-corrected chi connectivity index (χ1v) is 6.86. The fraction of sp³-hybridized carbons (Fsp3) is 0.615. The van der Waals surface area contributed by atoms with Crippen molar-refractivity contribution in [2.75, 3.05) is 20.3 Å². The van der Waals surface area contributed by atoms with Crippen molar-refractivity contribution >= 4 is 17.2 Å². The van der Waals surface area contributed by atoms with Crippen LogP contribution >= 0.6 is 12.2 Å². The molecule has 0 fully saturated rings. The van der Waals surface area contributed by atoms with Crippen molar-refractivity contribution in [1.29, 1.82) is 0 Å². The Morgan fingerprint density at radius 2 is 1.95 bits per heavy atom. The Balaban J connectivity index is 3.00. The number of thiocarbonyl (C=S) groups is 1. The molecule has 0 spiro atoms. The summed E-state index contributed by atoms with van der Waals surface area (Å²) in [5.74, 6) is 0.428. The van der Waals surface area contributed by atoms with Crippen molar-refractivity contribution < 1.29 is 9.47 Å². The molecule has 1 heterocycles. The Kier molecular flexibility index (Phi) is 6.66. The van der Waals surface area contributed by atoms with Gasteiger partial charge in [-0.25, -0.2) is 0 Å².